The molecule has 112 valence electrons. The van der Waals surface area contributed by atoms with Crippen molar-refractivity contribution in [1.29, 1.82) is 0 Å². The Morgan fingerprint density at radius 3 is 2.86 bits per heavy atom. The van der Waals surface area contributed by atoms with E-state index < -0.39 is 0 Å². The standard InChI is InChI=1S/C17H22N2O2/c1-14-15(7-4-13-20)6-3-8-16(14)17(21)19-10-5-9-18(2)11-12-19/h3,6,8,20H,5,9-13H2,1-2H3. The Kier molecular flexibility index (Phi) is 5.38. The highest BCUT2D eigenvalue weighted by Crippen LogP contribution is 2.16. The highest BCUT2D eigenvalue weighted by molar-refractivity contribution is 5.96. The summed E-state index contributed by atoms with van der Waals surface area (Å²) in [5, 5.41) is 8.80. The zero-order valence-corrected chi connectivity index (χ0v) is 12.7. The molecule has 1 aliphatic heterocycles. The molecular formula is C17H22N2O2. The monoisotopic (exact) mass is 286 g/mol. The number of aliphatic hydroxyl groups excluding tert-OH is 1. The van der Waals surface area contributed by atoms with Crippen LogP contribution in [-0.4, -0.2) is 60.6 Å². The maximum absolute atomic E-state index is 12.7. The van der Waals surface area contributed by atoms with Crippen molar-refractivity contribution in [3.8, 4) is 11.8 Å². The number of amides is 1. The van der Waals surface area contributed by atoms with Gasteiger partial charge < -0.3 is 14.9 Å². The average Bonchev–Trinajstić information content (AvgIpc) is 2.70. The molecule has 1 heterocycles. The number of carbonyl (C=O) groups is 1. The van der Waals surface area contributed by atoms with Crippen molar-refractivity contribution in [2.24, 2.45) is 0 Å². The maximum Gasteiger partial charge on any atom is 0.254 e. The van der Waals surface area contributed by atoms with E-state index in [1.165, 1.54) is 0 Å². The summed E-state index contributed by atoms with van der Waals surface area (Å²) in [4.78, 5) is 16.9. The Balaban J connectivity index is 2.22. The molecule has 0 aromatic heterocycles. The summed E-state index contributed by atoms with van der Waals surface area (Å²) in [6.45, 7) is 5.25. The lowest BCUT2D eigenvalue weighted by Gasteiger charge is -2.21. The third-order valence-corrected chi connectivity index (χ3v) is 3.87. The van der Waals surface area contributed by atoms with E-state index in [1.54, 1.807) is 0 Å². The Morgan fingerprint density at radius 1 is 1.29 bits per heavy atom. The minimum Gasteiger partial charge on any atom is -0.384 e. The Hall–Kier alpha value is -1.83. The van der Waals surface area contributed by atoms with Crippen molar-refractivity contribution in [1.82, 2.24) is 9.80 Å². The van der Waals surface area contributed by atoms with Crippen molar-refractivity contribution in [2.75, 3.05) is 39.8 Å². The van der Waals surface area contributed by atoms with Gasteiger partial charge in [-0.2, -0.15) is 0 Å². The van der Waals surface area contributed by atoms with Gasteiger partial charge in [-0.05, 0) is 44.6 Å². The number of carbonyl (C=O) groups excluding carboxylic acids is 1. The fraction of sp³-hybridized carbons (Fsp3) is 0.471. The summed E-state index contributed by atoms with van der Waals surface area (Å²) in [7, 11) is 2.09. The van der Waals surface area contributed by atoms with Crippen LogP contribution in [0.15, 0.2) is 18.2 Å². The van der Waals surface area contributed by atoms with Gasteiger partial charge in [0, 0.05) is 30.8 Å². The quantitative estimate of drug-likeness (QED) is 0.787. The molecule has 2 rings (SSSR count). The number of rotatable bonds is 1. The predicted octanol–water partition coefficient (Wildman–Crippen LogP) is 1.12. The van der Waals surface area contributed by atoms with Crippen LogP contribution in [0, 0.1) is 18.8 Å². The first kappa shape index (κ1) is 15.6. The van der Waals surface area contributed by atoms with Crippen LogP contribution in [0.25, 0.3) is 0 Å². The molecule has 1 amide bonds. The molecule has 1 saturated heterocycles. The Morgan fingerprint density at radius 2 is 2.10 bits per heavy atom. The lowest BCUT2D eigenvalue weighted by Crippen LogP contribution is -2.34. The summed E-state index contributed by atoms with van der Waals surface area (Å²) < 4.78 is 0. The largest absolute Gasteiger partial charge is 0.384 e. The van der Waals surface area contributed by atoms with E-state index >= 15 is 0 Å². The fourth-order valence-corrected chi connectivity index (χ4v) is 2.56. The molecule has 1 aromatic rings. The van der Waals surface area contributed by atoms with E-state index in [1.807, 2.05) is 30.0 Å². The third-order valence-electron chi connectivity index (χ3n) is 3.87. The van der Waals surface area contributed by atoms with Gasteiger partial charge in [0.15, 0.2) is 0 Å². The maximum atomic E-state index is 12.7. The van der Waals surface area contributed by atoms with Crippen LogP contribution in [0.1, 0.15) is 27.9 Å². The Labute approximate surface area is 126 Å². The predicted molar refractivity (Wildman–Crippen MR) is 83.2 cm³/mol. The molecule has 0 atom stereocenters. The van der Waals surface area contributed by atoms with Gasteiger partial charge in [-0.3, -0.25) is 4.79 Å². The van der Waals surface area contributed by atoms with E-state index in [4.69, 9.17) is 5.11 Å². The first-order chi connectivity index (χ1) is 10.1. The molecular weight excluding hydrogens is 264 g/mol. The number of hydrogen-bond donors (Lipinski definition) is 1. The summed E-state index contributed by atoms with van der Waals surface area (Å²) in [5.41, 5.74) is 2.41. The highest BCUT2D eigenvalue weighted by Gasteiger charge is 2.20. The smallest absolute Gasteiger partial charge is 0.254 e. The zero-order valence-electron chi connectivity index (χ0n) is 12.7. The van der Waals surface area contributed by atoms with Crippen LogP contribution in [-0.2, 0) is 0 Å². The SMILES string of the molecule is Cc1c(C#CCO)cccc1C(=O)N1CCCN(C)CC1. The van der Waals surface area contributed by atoms with Gasteiger partial charge in [0.1, 0.15) is 6.61 Å². The van der Waals surface area contributed by atoms with E-state index in [9.17, 15) is 4.79 Å². The van der Waals surface area contributed by atoms with Gasteiger partial charge in [-0.25, -0.2) is 0 Å². The minimum absolute atomic E-state index is 0.0791. The molecule has 1 aromatic carbocycles. The van der Waals surface area contributed by atoms with Gasteiger partial charge in [0.05, 0.1) is 0 Å². The lowest BCUT2D eigenvalue weighted by molar-refractivity contribution is 0.0762. The molecule has 0 aliphatic carbocycles. The fourth-order valence-electron chi connectivity index (χ4n) is 2.56. The Bertz CT molecular complexity index is 572. The van der Waals surface area contributed by atoms with Crippen molar-refractivity contribution in [3.63, 3.8) is 0 Å². The van der Waals surface area contributed by atoms with Crippen molar-refractivity contribution >= 4 is 5.91 Å². The lowest BCUT2D eigenvalue weighted by atomic mass is 10.0. The first-order valence-corrected chi connectivity index (χ1v) is 7.30. The molecule has 1 N–H and O–H groups in total. The van der Waals surface area contributed by atoms with Crippen molar-refractivity contribution in [3.05, 3.63) is 34.9 Å². The second-order valence-corrected chi connectivity index (χ2v) is 5.39. The number of nitrogens with zero attached hydrogens (tertiary/aromatic N) is 2. The topological polar surface area (TPSA) is 43.8 Å². The average molecular weight is 286 g/mol. The highest BCUT2D eigenvalue weighted by atomic mass is 16.2. The van der Waals surface area contributed by atoms with E-state index in [0.29, 0.717) is 5.56 Å². The molecule has 4 nitrogen and oxygen atoms in total. The van der Waals surface area contributed by atoms with Crippen LogP contribution in [0.4, 0.5) is 0 Å². The van der Waals surface area contributed by atoms with E-state index in [2.05, 4.69) is 23.8 Å². The molecule has 0 spiro atoms. The molecule has 4 heteroatoms. The molecule has 0 saturated carbocycles. The summed E-state index contributed by atoms with van der Waals surface area (Å²) in [6.07, 6.45) is 1.01. The second-order valence-electron chi connectivity index (χ2n) is 5.39. The van der Waals surface area contributed by atoms with Gasteiger partial charge in [0.25, 0.3) is 5.91 Å². The van der Waals surface area contributed by atoms with Crippen molar-refractivity contribution < 1.29 is 9.90 Å². The number of hydrogen-bond acceptors (Lipinski definition) is 3. The number of likely N-dealkylation sites (N-methyl/N-ethyl adjacent to an activating group) is 1. The van der Waals surface area contributed by atoms with E-state index in [-0.39, 0.29) is 12.5 Å². The van der Waals surface area contributed by atoms with Crippen LogP contribution in [0.3, 0.4) is 0 Å². The van der Waals surface area contributed by atoms with E-state index in [0.717, 1.165) is 43.7 Å². The number of benzene rings is 1. The molecule has 0 bridgehead atoms. The van der Waals surface area contributed by atoms with Crippen LogP contribution < -0.4 is 0 Å². The van der Waals surface area contributed by atoms with Crippen LogP contribution >= 0.6 is 0 Å². The van der Waals surface area contributed by atoms with Crippen LogP contribution in [0.5, 0.6) is 0 Å². The third kappa shape index (κ3) is 3.84. The summed E-state index contributed by atoms with van der Waals surface area (Å²) >= 11 is 0. The van der Waals surface area contributed by atoms with Gasteiger partial charge >= 0.3 is 0 Å². The molecule has 1 fully saturated rings. The first-order valence-electron chi connectivity index (χ1n) is 7.30. The zero-order chi connectivity index (χ0) is 15.2. The van der Waals surface area contributed by atoms with Gasteiger partial charge in [-0.15, -0.1) is 0 Å². The van der Waals surface area contributed by atoms with Crippen LogP contribution in [0.2, 0.25) is 0 Å². The molecule has 1 aliphatic rings. The normalized spacial score (nSPS) is 16.0. The van der Waals surface area contributed by atoms with Gasteiger partial charge in [-0.1, -0.05) is 17.9 Å². The minimum atomic E-state index is -0.171. The number of aliphatic hydroxyl groups is 1. The summed E-state index contributed by atoms with van der Waals surface area (Å²) in [6, 6.07) is 5.59. The van der Waals surface area contributed by atoms with Crippen molar-refractivity contribution in [2.45, 2.75) is 13.3 Å². The molecule has 0 radical (unpaired) electrons. The molecule has 21 heavy (non-hydrogen) atoms. The summed E-state index contributed by atoms with van der Waals surface area (Å²) in [5.74, 6) is 5.62. The molecule has 0 unspecified atom stereocenters. The second kappa shape index (κ2) is 7.26. The van der Waals surface area contributed by atoms with Gasteiger partial charge in [0.2, 0.25) is 0 Å².